The van der Waals surface area contributed by atoms with Crippen LogP contribution in [0.4, 0.5) is 0 Å². The van der Waals surface area contributed by atoms with Gasteiger partial charge >= 0.3 is 0 Å². The van der Waals surface area contributed by atoms with Gasteiger partial charge in [0.05, 0.1) is 0 Å². The molecule has 1 aromatic carbocycles. The minimum Gasteiger partial charge on any atom is -0.508 e. The van der Waals surface area contributed by atoms with E-state index in [0.717, 1.165) is 54.6 Å². The largest absolute Gasteiger partial charge is 0.508 e. The van der Waals surface area contributed by atoms with Crippen LogP contribution in [0.1, 0.15) is 71.4 Å². The molecule has 0 saturated carbocycles. The first-order chi connectivity index (χ1) is 14.1. The second-order valence-corrected chi connectivity index (χ2v) is 9.74. The molecule has 1 aromatic rings. The fourth-order valence-corrected chi connectivity index (χ4v) is 4.82. The molecule has 3 rings (SSSR count). The highest BCUT2D eigenvalue weighted by Gasteiger charge is 2.33. The molecule has 30 heavy (non-hydrogen) atoms. The number of carbonyl (C=O) groups excluding carboxylic acids is 1. The Morgan fingerprint density at radius 3 is 2.70 bits per heavy atom. The standard InChI is InChI=1S/C27H36O3/c1-17(2)12-24-22(14-19(4)25(24)29)13-18(3)8-7-10-27(6)11-9-21-16-23(28)15-20(5)26(21)30-27/h8,12,14-16,22,24,28H,7,9-11,13H2,1-6H3/b18-8+/t22?,24-,27+/m0/s1. The molecule has 0 spiro atoms. The van der Waals surface area contributed by atoms with Gasteiger partial charge in [-0.2, -0.15) is 0 Å². The highest BCUT2D eigenvalue weighted by molar-refractivity contribution is 6.00. The topological polar surface area (TPSA) is 46.5 Å². The second kappa shape index (κ2) is 8.83. The number of aromatic hydroxyl groups is 1. The van der Waals surface area contributed by atoms with Gasteiger partial charge in [-0.05, 0) is 108 Å². The minimum absolute atomic E-state index is 0.00608. The molecule has 1 aliphatic heterocycles. The molecule has 0 bridgehead atoms. The lowest BCUT2D eigenvalue weighted by Crippen LogP contribution is -2.36. The normalized spacial score (nSPS) is 26.1. The average Bonchev–Trinajstić information content (AvgIpc) is 2.89. The van der Waals surface area contributed by atoms with E-state index in [9.17, 15) is 9.90 Å². The van der Waals surface area contributed by atoms with Gasteiger partial charge in [0.15, 0.2) is 5.78 Å². The first kappa shape index (κ1) is 22.4. The molecule has 0 saturated heterocycles. The zero-order valence-corrected chi connectivity index (χ0v) is 19.3. The zero-order valence-electron chi connectivity index (χ0n) is 19.3. The number of carbonyl (C=O) groups is 1. The molecule has 0 amide bonds. The Bertz CT molecular complexity index is 914. The molecule has 1 N–H and O–H groups in total. The van der Waals surface area contributed by atoms with Crippen molar-refractivity contribution in [3.8, 4) is 11.5 Å². The van der Waals surface area contributed by atoms with Crippen molar-refractivity contribution < 1.29 is 14.6 Å². The number of hydrogen-bond donors (Lipinski definition) is 1. The van der Waals surface area contributed by atoms with E-state index >= 15 is 0 Å². The Kier molecular flexibility index (Phi) is 6.59. The fourth-order valence-electron chi connectivity index (χ4n) is 4.82. The summed E-state index contributed by atoms with van der Waals surface area (Å²) in [5.74, 6) is 1.80. The van der Waals surface area contributed by atoms with Crippen LogP contribution in [0.2, 0.25) is 0 Å². The van der Waals surface area contributed by atoms with E-state index in [0.29, 0.717) is 5.75 Å². The summed E-state index contributed by atoms with van der Waals surface area (Å²) in [4.78, 5) is 12.5. The van der Waals surface area contributed by atoms with Gasteiger partial charge in [-0.1, -0.05) is 29.4 Å². The fraction of sp³-hybridized carbons (Fsp3) is 0.519. The first-order valence-corrected chi connectivity index (χ1v) is 11.1. The van der Waals surface area contributed by atoms with Gasteiger partial charge in [-0.3, -0.25) is 4.79 Å². The molecule has 2 aliphatic rings. The van der Waals surface area contributed by atoms with Crippen LogP contribution in [0.15, 0.2) is 47.1 Å². The lowest BCUT2D eigenvalue weighted by Gasteiger charge is -2.36. The maximum atomic E-state index is 12.5. The number of allylic oxidation sites excluding steroid dienone is 6. The summed E-state index contributed by atoms with van der Waals surface area (Å²) >= 11 is 0. The van der Waals surface area contributed by atoms with Crippen molar-refractivity contribution in [2.75, 3.05) is 0 Å². The molecule has 3 nitrogen and oxygen atoms in total. The molecule has 0 aromatic heterocycles. The van der Waals surface area contributed by atoms with Crippen LogP contribution in [0.3, 0.4) is 0 Å². The van der Waals surface area contributed by atoms with E-state index in [1.807, 2.05) is 19.9 Å². The molecule has 1 aliphatic carbocycles. The van der Waals surface area contributed by atoms with Crippen molar-refractivity contribution in [1.29, 1.82) is 0 Å². The average molecular weight is 409 g/mol. The van der Waals surface area contributed by atoms with Crippen LogP contribution >= 0.6 is 0 Å². The number of aryl methyl sites for hydroxylation is 2. The Morgan fingerprint density at radius 2 is 2.00 bits per heavy atom. The van der Waals surface area contributed by atoms with Gasteiger partial charge in [0, 0.05) is 5.92 Å². The summed E-state index contributed by atoms with van der Waals surface area (Å²) < 4.78 is 6.41. The van der Waals surface area contributed by atoms with Crippen LogP contribution in [0, 0.1) is 18.8 Å². The van der Waals surface area contributed by atoms with Crippen LogP contribution in [-0.4, -0.2) is 16.5 Å². The summed E-state index contributed by atoms with van der Waals surface area (Å²) in [6.45, 7) is 12.4. The number of Topliss-reactive ketones (excluding diaryl/α,β-unsaturated/α-hetero) is 1. The van der Waals surface area contributed by atoms with E-state index in [-0.39, 0.29) is 23.2 Å². The van der Waals surface area contributed by atoms with E-state index in [1.165, 1.54) is 11.1 Å². The predicted octanol–water partition coefficient (Wildman–Crippen LogP) is 6.63. The van der Waals surface area contributed by atoms with Crippen LogP contribution in [-0.2, 0) is 11.2 Å². The molecule has 162 valence electrons. The monoisotopic (exact) mass is 408 g/mol. The van der Waals surface area contributed by atoms with Gasteiger partial charge in [-0.25, -0.2) is 0 Å². The van der Waals surface area contributed by atoms with E-state index in [2.05, 4.69) is 45.9 Å². The third kappa shape index (κ3) is 5.06. The van der Waals surface area contributed by atoms with E-state index in [1.54, 1.807) is 6.07 Å². The lowest BCUT2D eigenvalue weighted by atomic mass is 9.86. The molecule has 3 heteroatoms. The van der Waals surface area contributed by atoms with Crippen molar-refractivity contribution in [3.05, 3.63) is 58.2 Å². The molecular weight excluding hydrogens is 372 g/mol. The van der Waals surface area contributed by atoms with Crippen molar-refractivity contribution in [3.63, 3.8) is 0 Å². The van der Waals surface area contributed by atoms with Crippen molar-refractivity contribution >= 4 is 5.78 Å². The molecular formula is C27H36O3. The smallest absolute Gasteiger partial charge is 0.165 e. The first-order valence-electron chi connectivity index (χ1n) is 11.1. The third-order valence-corrected chi connectivity index (χ3v) is 6.46. The maximum absolute atomic E-state index is 12.5. The number of benzene rings is 1. The number of hydrogen-bond acceptors (Lipinski definition) is 3. The quantitative estimate of drug-likeness (QED) is 0.537. The number of rotatable bonds is 6. The Balaban J connectivity index is 1.61. The van der Waals surface area contributed by atoms with Gasteiger partial charge in [0.1, 0.15) is 17.1 Å². The van der Waals surface area contributed by atoms with Gasteiger partial charge < -0.3 is 9.84 Å². The summed E-state index contributed by atoms with van der Waals surface area (Å²) in [5.41, 5.74) is 5.37. The third-order valence-electron chi connectivity index (χ3n) is 6.46. The van der Waals surface area contributed by atoms with Crippen molar-refractivity contribution in [2.45, 2.75) is 79.2 Å². The number of ether oxygens (including phenoxy) is 1. The van der Waals surface area contributed by atoms with Crippen molar-refractivity contribution in [2.24, 2.45) is 11.8 Å². The summed E-state index contributed by atoms with van der Waals surface area (Å²) in [6, 6.07) is 3.60. The van der Waals surface area contributed by atoms with E-state index < -0.39 is 0 Å². The molecule has 0 fully saturated rings. The number of phenols is 1. The minimum atomic E-state index is -0.185. The Morgan fingerprint density at radius 1 is 1.27 bits per heavy atom. The Labute approximate surface area is 181 Å². The summed E-state index contributed by atoms with van der Waals surface area (Å²) in [5, 5.41) is 9.83. The molecule has 3 atom stereocenters. The highest BCUT2D eigenvalue weighted by atomic mass is 16.5. The molecule has 1 unspecified atom stereocenters. The SMILES string of the molecule is CC(C)=C[C@@H]1C(=O)C(C)=CC1C/C(C)=C/CC[C@]1(C)CCc2cc(O)cc(C)c2O1. The molecule has 1 heterocycles. The summed E-state index contributed by atoms with van der Waals surface area (Å²) in [7, 11) is 0. The predicted molar refractivity (Wildman–Crippen MR) is 123 cm³/mol. The summed E-state index contributed by atoms with van der Waals surface area (Å²) in [6.07, 6.45) is 11.3. The molecule has 0 radical (unpaired) electrons. The van der Waals surface area contributed by atoms with Crippen LogP contribution < -0.4 is 4.74 Å². The van der Waals surface area contributed by atoms with Gasteiger partial charge in [0.25, 0.3) is 0 Å². The maximum Gasteiger partial charge on any atom is 0.165 e. The van der Waals surface area contributed by atoms with E-state index in [4.69, 9.17) is 4.74 Å². The van der Waals surface area contributed by atoms with Crippen LogP contribution in [0.5, 0.6) is 11.5 Å². The zero-order chi connectivity index (χ0) is 22.1. The van der Waals surface area contributed by atoms with Crippen molar-refractivity contribution in [1.82, 2.24) is 0 Å². The second-order valence-electron chi connectivity index (χ2n) is 9.74. The Hall–Kier alpha value is -2.29. The number of phenolic OH excluding ortho intramolecular Hbond substituents is 1. The van der Waals surface area contributed by atoms with Crippen LogP contribution in [0.25, 0.3) is 0 Å². The van der Waals surface area contributed by atoms with Gasteiger partial charge in [0.2, 0.25) is 0 Å². The number of fused-ring (bicyclic) bond motifs is 1. The highest BCUT2D eigenvalue weighted by Crippen LogP contribution is 2.40. The lowest BCUT2D eigenvalue weighted by molar-refractivity contribution is -0.117. The number of ketones is 1. The van der Waals surface area contributed by atoms with Gasteiger partial charge in [-0.15, -0.1) is 0 Å².